The zero-order valence-electron chi connectivity index (χ0n) is 12.2. The first-order chi connectivity index (χ1) is 9.86. The van der Waals surface area contributed by atoms with Crippen molar-refractivity contribution < 1.29 is 4.74 Å². The van der Waals surface area contributed by atoms with Crippen LogP contribution in [0.5, 0.6) is 0 Å². The number of hydrogen-bond donors (Lipinski definition) is 2. The molecular weight excluding hydrogens is 248 g/mol. The summed E-state index contributed by atoms with van der Waals surface area (Å²) >= 11 is 0. The molecule has 2 aromatic rings. The van der Waals surface area contributed by atoms with Gasteiger partial charge in [-0.2, -0.15) is 0 Å². The fourth-order valence-corrected chi connectivity index (χ4v) is 3.25. The molecule has 108 valence electrons. The number of hydrogen-bond acceptors (Lipinski definition) is 2. The molecule has 3 rings (SSSR count). The van der Waals surface area contributed by atoms with E-state index in [0.29, 0.717) is 12.1 Å². The van der Waals surface area contributed by atoms with Crippen molar-refractivity contribution in [3.05, 3.63) is 36.0 Å². The van der Waals surface area contributed by atoms with Gasteiger partial charge in [0.25, 0.3) is 0 Å². The Kier molecular flexibility index (Phi) is 4.38. The maximum atomic E-state index is 5.42. The fraction of sp³-hybridized carbons (Fsp3) is 0.529. The predicted molar refractivity (Wildman–Crippen MR) is 83.1 cm³/mol. The average molecular weight is 272 g/mol. The molecular formula is C17H24N2O. The van der Waals surface area contributed by atoms with Crippen LogP contribution in [0.4, 0.5) is 0 Å². The van der Waals surface area contributed by atoms with E-state index < -0.39 is 0 Å². The molecule has 0 atom stereocenters. The first-order valence-corrected chi connectivity index (χ1v) is 7.68. The molecule has 1 heterocycles. The van der Waals surface area contributed by atoms with Gasteiger partial charge in [-0.05, 0) is 50.3 Å². The topological polar surface area (TPSA) is 37.0 Å². The van der Waals surface area contributed by atoms with E-state index in [1.54, 1.807) is 0 Å². The third-order valence-corrected chi connectivity index (χ3v) is 4.51. The molecule has 1 saturated carbocycles. The molecule has 1 aliphatic carbocycles. The first-order valence-electron chi connectivity index (χ1n) is 7.68. The summed E-state index contributed by atoms with van der Waals surface area (Å²) in [6, 6.07) is 9.20. The molecule has 0 aliphatic heterocycles. The van der Waals surface area contributed by atoms with Crippen LogP contribution in [0.2, 0.25) is 0 Å². The number of aromatic nitrogens is 1. The number of ether oxygens (including phenoxy) is 1. The van der Waals surface area contributed by atoms with Crippen molar-refractivity contribution in [1.82, 2.24) is 10.3 Å². The van der Waals surface area contributed by atoms with Gasteiger partial charge in [0.15, 0.2) is 0 Å². The Balaban J connectivity index is 1.48. The molecule has 1 aliphatic rings. The van der Waals surface area contributed by atoms with Crippen molar-refractivity contribution in [3.63, 3.8) is 0 Å². The van der Waals surface area contributed by atoms with Gasteiger partial charge in [-0.15, -0.1) is 0 Å². The summed E-state index contributed by atoms with van der Waals surface area (Å²) in [6.07, 6.45) is 8.60. The van der Waals surface area contributed by atoms with E-state index in [2.05, 4.69) is 40.8 Å². The second-order valence-electron chi connectivity index (χ2n) is 5.77. The van der Waals surface area contributed by atoms with Gasteiger partial charge in [-0.3, -0.25) is 0 Å². The summed E-state index contributed by atoms with van der Waals surface area (Å²) in [5.41, 5.74) is 2.65. The Labute approximate surface area is 120 Å². The number of benzene rings is 1. The third kappa shape index (κ3) is 3.05. The Bertz CT molecular complexity index is 541. The maximum absolute atomic E-state index is 5.42. The van der Waals surface area contributed by atoms with Crippen LogP contribution in [0.15, 0.2) is 30.5 Å². The minimum Gasteiger partial charge on any atom is -0.381 e. The molecule has 1 fully saturated rings. The van der Waals surface area contributed by atoms with Crippen LogP contribution in [0, 0.1) is 0 Å². The Morgan fingerprint density at radius 2 is 2.00 bits per heavy atom. The first kappa shape index (κ1) is 13.7. The van der Waals surface area contributed by atoms with E-state index in [-0.39, 0.29) is 0 Å². The molecule has 0 unspecified atom stereocenters. The molecule has 1 aromatic heterocycles. The molecule has 0 bridgehead atoms. The van der Waals surface area contributed by atoms with Gasteiger partial charge in [0.05, 0.1) is 6.10 Å². The highest BCUT2D eigenvalue weighted by Crippen LogP contribution is 2.21. The SMILES string of the molecule is COC1CCC(NCCc2c[nH]c3ccccc23)CC1. The van der Waals surface area contributed by atoms with Crippen molar-refractivity contribution in [2.45, 2.75) is 44.2 Å². The average Bonchev–Trinajstić information content (AvgIpc) is 2.92. The number of methoxy groups -OCH3 is 1. The summed E-state index contributed by atoms with van der Waals surface area (Å²) in [7, 11) is 1.83. The minimum atomic E-state index is 0.488. The highest BCUT2D eigenvalue weighted by atomic mass is 16.5. The van der Waals surface area contributed by atoms with E-state index in [4.69, 9.17) is 4.74 Å². The van der Waals surface area contributed by atoms with E-state index in [9.17, 15) is 0 Å². The molecule has 0 spiro atoms. The number of para-hydroxylation sites is 1. The lowest BCUT2D eigenvalue weighted by Crippen LogP contribution is -2.36. The molecule has 20 heavy (non-hydrogen) atoms. The van der Waals surface area contributed by atoms with Crippen molar-refractivity contribution >= 4 is 10.9 Å². The predicted octanol–water partition coefficient (Wildman–Crippen LogP) is 3.26. The maximum Gasteiger partial charge on any atom is 0.0572 e. The monoisotopic (exact) mass is 272 g/mol. The fourth-order valence-electron chi connectivity index (χ4n) is 3.25. The zero-order chi connectivity index (χ0) is 13.8. The largest absolute Gasteiger partial charge is 0.381 e. The number of H-pyrrole nitrogens is 1. The van der Waals surface area contributed by atoms with Gasteiger partial charge >= 0.3 is 0 Å². The number of nitrogens with one attached hydrogen (secondary N) is 2. The van der Waals surface area contributed by atoms with Gasteiger partial charge < -0.3 is 15.0 Å². The van der Waals surface area contributed by atoms with Crippen molar-refractivity contribution in [3.8, 4) is 0 Å². The van der Waals surface area contributed by atoms with Crippen LogP contribution in [0.1, 0.15) is 31.2 Å². The van der Waals surface area contributed by atoms with Crippen LogP contribution >= 0.6 is 0 Å². The lowest BCUT2D eigenvalue weighted by Gasteiger charge is -2.28. The number of aromatic amines is 1. The van der Waals surface area contributed by atoms with E-state index in [1.165, 1.54) is 42.1 Å². The summed E-state index contributed by atoms with van der Waals surface area (Å²) < 4.78 is 5.42. The molecule has 0 saturated heterocycles. The number of rotatable bonds is 5. The van der Waals surface area contributed by atoms with Gasteiger partial charge in [0.2, 0.25) is 0 Å². The molecule has 3 heteroatoms. The van der Waals surface area contributed by atoms with Gasteiger partial charge in [0.1, 0.15) is 0 Å². The van der Waals surface area contributed by atoms with Gasteiger partial charge in [-0.1, -0.05) is 18.2 Å². The van der Waals surface area contributed by atoms with E-state index in [0.717, 1.165) is 13.0 Å². The van der Waals surface area contributed by atoms with E-state index >= 15 is 0 Å². The van der Waals surface area contributed by atoms with E-state index in [1.807, 2.05) is 7.11 Å². The van der Waals surface area contributed by atoms with Gasteiger partial charge in [0, 0.05) is 30.3 Å². The van der Waals surface area contributed by atoms with Crippen LogP contribution in [0.3, 0.4) is 0 Å². The van der Waals surface area contributed by atoms with Crippen molar-refractivity contribution in [2.75, 3.05) is 13.7 Å². The molecule has 3 nitrogen and oxygen atoms in total. The summed E-state index contributed by atoms with van der Waals surface area (Å²) in [4.78, 5) is 3.35. The van der Waals surface area contributed by atoms with Crippen LogP contribution in [-0.2, 0) is 11.2 Å². The lowest BCUT2D eigenvalue weighted by molar-refractivity contribution is 0.0626. The molecule has 0 amide bonds. The normalized spacial score (nSPS) is 23.2. The highest BCUT2D eigenvalue weighted by Gasteiger charge is 2.20. The Hall–Kier alpha value is -1.32. The Morgan fingerprint density at radius 3 is 2.80 bits per heavy atom. The second kappa shape index (κ2) is 6.42. The summed E-state index contributed by atoms with van der Waals surface area (Å²) in [5.74, 6) is 0. The number of fused-ring (bicyclic) bond motifs is 1. The Morgan fingerprint density at radius 1 is 1.20 bits per heavy atom. The van der Waals surface area contributed by atoms with Crippen molar-refractivity contribution in [1.29, 1.82) is 0 Å². The summed E-state index contributed by atoms with van der Waals surface area (Å²) in [5, 5.41) is 5.06. The highest BCUT2D eigenvalue weighted by molar-refractivity contribution is 5.83. The van der Waals surface area contributed by atoms with Gasteiger partial charge in [-0.25, -0.2) is 0 Å². The van der Waals surface area contributed by atoms with Crippen LogP contribution in [0.25, 0.3) is 10.9 Å². The molecule has 1 aromatic carbocycles. The van der Waals surface area contributed by atoms with Crippen LogP contribution < -0.4 is 5.32 Å². The van der Waals surface area contributed by atoms with Crippen molar-refractivity contribution in [2.24, 2.45) is 0 Å². The molecule has 2 N–H and O–H groups in total. The second-order valence-corrected chi connectivity index (χ2v) is 5.77. The quantitative estimate of drug-likeness (QED) is 0.876. The zero-order valence-corrected chi connectivity index (χ0v) is 12.2. The lowest BCUT2D eigenvalue weighted by atomic mass is 9.93. The third-order valence-electron chi connectivity index (χ3n) is 4.51. The summed E-state index contributed by atoms with van der Waals surface area (Å²) in [6.45, 7) is 1.06. The minimum absolute atomic E-state index is 0.488. The standard InChI is InChI=1S/C17H24N2O/c1-20-15-8-6-14(7-9-15)18-11-10-13-12-19-17-5-3-2-4-16(13)17/h2-5,12,14-15,18-19H,6-11H2,1H3. The molecule has 0 radical (unpaired) electrons. The van der Waals surface area contributed by atoms with Crippen LogP contribution in [-0.4, -0.2) is 30.8 Å². The smallest absolute Gasteiger partial charge is 0.0572 e.